The summed E-state index contributed by atoms with van der Waals surface area (Å²) in [4.78, 5) is 10.7. The van der Waals surface area contributed by atoms with Gasteiger partial charge in [-0.15, -0.1) is 11.8 Å². The van der Waals surface area contributed by atoms with Crippen molar-refractivity contribution in [3.63, 3.8) is 0 Å². The average molecular weight is 296 g/mol. The summed E-state index contributed by atoms with van der Waals surface area (Å²) in [5, 5.41) is 12.1. The fraction of sp³-hybridized carbons (Fsp3) is 0.308. The molecule has 0 amide bonds. The molecule has 2 N–H and O–H groups in total. The fourth-order valence-corrected chi connectivity index (χ4v) is 1.84. The molecule has 0 saturated carbocycles. The van der Waals surface area contributed by atoms with E-state index in [1.165, 1.54) is 0 Å². The van der Waals surface area contributed by atoms with E-state index in [2.05, 4.69) is 33.1 Å². The van der Waals surface area contributed by atoms with Gasteiger partial charge in [-0.2, -0.15) is 0 Å². The minimum Gasteiger partial charge on any atom is -0.478 e. The summed E-state index contributed by atoms with van der Waals surface area (Å²) in [6, 6.07) is 5.03. The zero-order valence-corrected chi connectivity index (χ0v) is 11.2. The lowest BCUT2D eigenvalue weighted by molar-refractivity contribution is 0.0697. The monoisotopic (exact) mass is 295 g/mol. The molecule has 3 nitrogen and oxygen atoms in total. The Balaban J connectivity index is 2.53. The minimum atomic E-state index is -0.913. The highest BCUT2D eigenvalue weighted by atomic mass is 79.9. The molecule has 17 heavy (non-hydrogen) atoms. The van der Waals surface area contributed by atoms with E-state index in [0.717, 1.165) is 23.0 Å². The van der Waals surface area contributed by atoms with Crippen LogP contribution in [0.2, 0.25) is 0 Å². The number of carboxylic acids is 1. The number of rotatable bonds is 5. The maximum absolute atomic E-state index is 10.7. The fourth-order valence-electron chi connectivity index (χ4n) is 1.32. The van der Waals surface area contributed by atoms with Crippen molar-refractivity contribution in [3.8, 4) is 11.8 Å². The summed E-state index contributed by atoms with van der Waals surface area (Å²) in [5.41, 5.74) is 1.33. The molecule has 0 spiro atoms. The van der Waals surface area contributed by atoms with Crippen molar-refractivity contribution in [2.45, 2.75) is 19.9 Å². The van der Waals surface area contributed by atoms with E-state index in [0.29, 0.717) is 6.54 Å². The molecule has 1 rings (SSSR count). The number of nitrogens with one attached hydrogen (secondary N) is 1. The maximum Gasteiger partial charge on any atom is 0.335 e. The molecular weight excluding hydrogens is 282 g/mol. The zero-order chi connectivity index (χ0) is 12.7. The van der Waals surface area contributed by atoms with Gasteiger partial charge < -0.3 is 10.4 Å². The molecule has 0 atom stereocenters. The molecule has 1 aromatic carbocycles. The predicted molar refractivity (Wildman–Crippen MR) is 70.9 cm³/mol. The topological polar surface area (TPSA) is 49.3 Å². The first-order valence-corrected chi connectivity index (χ1v) is 6.06. The Kier molecular flexibility index (Phi) is 5.75. The Hall–Kier alpha value is -1.31. The molecular formula is C13H14BrNO2. The van der Waals surface area contributed by atoms with Crippen molar-refractivity contribution >= 4 is 21.9 Å². The van der Waals surface area contributed by atoms with Crippen LogP contribution in [0.15, 0.2) is 22.7 Å². The quantitative estimate of drug-likeness (QED) is 0.649. The van der Waals surface area contributed by atoms with E-state index in [9.17, 15) is 4.79 Å². The number of carbonyl (C=O) groups is 1. The molecule has 0 aliphatic heterocycles. The third-order valence-corrected chi connectivity index (χ3v) is 2.96. The van der Waals surface area contributed by atoms with Crippen molar-refractivity contribution in [1.82, 2.24) is 5.32 Å². The van der Waals surface area contributed by atoms with Crippen LogP contribution in [0.5, 0.6) is 0 Å². The first-order chi connectivity index (χ1) is 8.15. The van der Waals surface area contributed by atoms with E-state index in [-0.39, 0.29) is 5.56 Å². The van der Waals surface area contributed by atoms with Crippen LogP contribution in [0.25, 0.3) is 0 Å². The Morgan fingerprint density at radius 3 is 2.88 bits per heavy atom. The molecule has 90 valence electrons. The number of benzene rings is 1. The SMILES string of the molecule is CC#CCCNCc1ccc(C(=O)O)cc1Br. The van der Waals surface area contributed by atoms with Crippen LogP contribution in [0, 0.1) is 11.8 Å². The Labute approximate surface area is 109 Å². The highest BCUT2D eigenvalue weighted by molar-refractivity contribution is 9.10. The Bertz CT molecular complexity index is 460. The van der Waals surface area contributed by atoms with Gasteiger partial charge in [-0.1, -0.05) is 22.0 Å². The lowest BCUT2D eigenvalue weighted by atomic mass is 10.1. The predicted octanol–water partition coefficient (Wildman–Crippen LogP) is 2.65. The van der Waals surface area contributed by atoms with Gasteiger partial charge in [0.25, 0.3) is 0 Å². The van der Waals surface area contributed by atoms with Crippen LogP contribution in [-0.4, -0.2) is 17.6 Å². The van der Waals surface area contributed by atoms with E-state index in [1.54, 1.807) is 12.1 Å². The second-order valence-electron chi connectivity index (χ2n) is 3.46. The highest BCUT2D eigenvalue weighted by Crippen LogP contribution is 2.18. The molecule has 4 heteroatoms. The van der Waals surface area contributed by atoms with Gasteiger partial charge >= 0.3 is 5.97 Å². The molecule has 0 unspecified atom stereocenters. The van der Waals surface area contributed by atoms with Gasteiger partial charge in [0.1, 0.15) is 0 Å². The summed E-state index contributed by atoms with van der Waals surface area (Å²) >= 11 is 3.37. The van der Waals surface area contributed by atoms with E-state index < -0.39 is 5.97 Å². The van der Waals surface area contributed by atoms with Crippen LogP contribution < -0.4 is 5.32 Å². The van der Waals surface area contributed by atoms with Crippen LogP contribution in [-0.2, 0) is 6.54 Å². The summed E-state index contributed by atoms with van der Waals surface area (Å²) < 4.78 is 0.812. The summed E-state index contributed by atoms with van der Waals surface area (Å²) in [7, 11) is 0. The lowest BCUT2D eigenvalue weighted by Crippen LogP contribution is -2.14. The van der Waals surface area contributed by atoms with Gasteiger partial charge in [0, 0.05) is 24.0 Å². The third-order valence-electron chi connectivity index (χ3n) is 2.22. The summed E-state index contributed by atoms with van der Waals surface area (Å²) in [6.45, 7) is 3.35. The largest absolute Gasteiger partial charge is 0.478 e. The maximum atomic E-state index is 10.7. The first-order valence-electron chi connectivity index (χ1n) is 5.27. The molecule has 0 radical (unpaired) electrons. The second-order valence-corrected chi connectivity index (χ2v) is 4.32. The molecule has 0 bridgehead atoms. The molecule has 0 aromatic heterocycles. The van der Waals surface area contributed by atoms with E-state index >= 15 is 0 Å². The molecule has 0 aliphatic rings. The first kappa shape index (κ1) is 13.8. The van der Waals surface area contributed by atoms with Crippen LogP contribution >= 0.6 is 15.9 Å². The van der Waals surface area contributed by atoms with Crippen LogP contribution in [0.1, 0.15) is 29.3 Å². The normalized spacial score (nSPS) is 9.53. The van der Waals surface area contributed by atoms with Crippen molar-refractivity contribution in [2.75, 3.05) is 6.54 Å². The molecule has 1 aromatic rings. The number of hydrogen-bond donors (Lipinski definition) is 2. The molecule has 0 aliphatic carbocycles. The van der Waals surface area contributed by atoms with Gasteiger partial charge in [0.15, 0.2) is 0 Å². The van der Waals surface area contributed by atoms with Crippen LogP contribution in [0.4, 0.5) is 0 Å². The van der Waals surface area contributed by atoms with Crippen LogP contribution in [0.3, 0.4) is 0 Å². The third kappa shape index (κ3) is 4.59. The minimum absolute atomic E-state index is 0.289. The average Bonchev–Trinajstić information content (AvgIpc) is 2.30. The zero-order valence-electron chi connectivity index (χ0n) is 9.59. The van der Waals surface area contributed by atoms with Gasteiger partial charge in [-0.3, -0.25) is 0 Å². The number of carboxylic acid groups (broad SMARTS) is 1. The van der Waals surface area contributed by atoms with Gasteiger partial charge in [-0.25, -0.2) is 4.79 Å². The molecule has 0 heterocycles. The van der Waals surface area contributed by atoms with Crippen molar-refractivity contribution in [1.29, 1.82) is 0 Å². The van der Waals surface area contributed by atoms with E-state index in [1.807, 2.05) is 13.0 Å². The number of aromatic carboxylic acids is 1. The smallest absolute Gasteiger partial charge is 0.335 e. The van der Waals surface area contributed by atoms with Gasteiger partial charge in [0.05, 0.1) is 5.56 Å². The number of hydrogen-bond acceptors (Lipinski definition) is 2. The molecule has 0 saturated heterocycles. The van der Waals surface area contributed by atoms with Crippen molar-refractivity contribution in [3.05, 3.63) is 33.8 Å². The highest BCUT2D eigenvalue weighted by Gasteiger charge is 2.05. The second kappa shape index (κ2) is 7.10. The van der Waals surface area contributed by atoms with E-state index in [4.69, 9.17) is 5.11 Å². The van der Waals surface area contributed by atoms with Gasteiger partial charge in [-0.05, 0) is 24.6 Å². The Morgan fingerprint density at radius 2 is 2.29 bits per heavy atom. The van der Waals surface area contributed by atoms with Gasteiger partial charge in [0.2, 0.25) is 0 Å². The van der Waals surface area contributed by atoms with Crippen molar-refractivity contribution < 1.29 is 9.90 Å². The number of halogens is 1. The Morgan fingerprint density at radius 1 is 1.53 bits per heavy atom. The standard InChI is InChI=1S/C13H14BrNO2/c1-2-3-4-7-15-9-11-6-5-10(13(16)17)8-12(11)14/h5-6,8,15H,4,7,9H2,1H3,(H,16,17). The lowest BCUT2D eigenvalue weighted by Gasteiger charge is -2.06. The van der Waals surface area contributed by atoms with Crippen molar-refractivity contribution in [2.24, 2.45) is 0 Å². The summed E-state index contributed by atoms with van der Waals surface area (Å²) in [5.74, 6) is 4.89. The molecule has 0 fully saturated rings. The summed E-state index contributed by atoms with van der Waals surface area (Å²) in [6.07, 6.45) is 0.821.